The zero-order valence-corrected chi connectivity index (χ0v) is 10.1. The van der Waals surface area contributed by atoms with E-state index in [0.717, 1.165) is 49.7 Å². The van der Waals surface area contributed by atoms with Gasteiger partial charge in [0, 0.05) is 31.7 Å². The van der Waals surface area contributed by atoms with Crippen molar-refractivity contribution in [3.8, 4) is 0 Å². The number of aliphatic hydroxyl groups is 1. The molecule has 92 valence electrons. The smallest absolute Gasteiger partial charge is 0.135 e. The summed E-state index contributed by atoms with van der Waals surface area (Å²) in [6, 6.07) is 0. The van der Waals surface area contributed by atoms with Crippen LogP contribution in [0.3, 0.4) is 0 Å². The normalized spacial score (nSPS) is 28.2. The van der Waals surface area contributed by atoms with Gasteiger partial charge in [0.15, 0.2) is 0 Å². The Hall–Kier alpha value is -1.20. The number of fused-ring (bicyclic) bond motifs is 1. The number of piperazine rings is 1. The van der Waals surface area contributed by atoms with Crippen LogP contribution in [0.4, 0.5) is 5.82 Å². The number of hydrogen-bond acceptors (Lipinski definition) is 5. The summed E-state index contributed by atoms with van der Waals surface area (Å²) in [5.74, 6) is 1.38. The van der Waals surface area contributed by atoms with E-state index in [1.54, 1.807) is 6.33 Å². The van der Waals surface area contributed by atoms with E-state index in [1.165, 1.54) is 0 Å². The minimum absolute atomic E-state index is 0.353. The van der Waals surface area contributed by atoms with Gasteiger partial charge < -0.3 is 15.3 Å². The number of aliphatic hydroxyl groups excluding tert-OH is 1. The standard InChI is InChI=1S/C12H18N4O/c1-8-6-9(17)11-10(8)12(15-7-14-11)16-4-2-13-3-5-16/h7-9,13,17H,2-6H2,1H3. The Balaban J connectivity index is 2.00. The lowest BCUT2D eigenvalue weighted by molar-refractivity contribution is 0.170. The third-order valence-corrected chi connectivity index (χ3v) is 3.70. The van der Waals surface area contributed by atoms with Crippen LogP contribution in [0.25, 0.3) is 0 Å². The van der Waals surface area contributed by atoms with Crippen molar-refractivity contribution in [2.24, 2.45) is 0 Å². The summed E-state index contributed by atoms with van der Waals surface area (Å²) in [6.07, 6.45) is 1.94. The molecule has 1 aromatic heterocycles. The third kappa shape index (κ3) is 1.79. The van der Waals surface area contributed by atoms with Crippen molar-refractivity contribution >= 4 is 5.82 Å². The summed E-state index contributed by atoms with van der Waals surface area (Å²) in [5, 5.41) is 13.3. The van der Waals surface area contributed by atoms with Gasteiger partial charge in [-0.2, -0.15) is 0 Å². The fourth-order valence-corrected chi connectivity index (χ4v) is 2.83. The van der Waals surface area contributed by atoms with Gasteiger partial charge in [-0.1, -0.05) is 6.92 Å². The molecule has 1 aliphatic heterocycles. The van der Waals surface area contributed by atoms with E-state index in [1.807, 2.05) is 0 Å². The summed E-state index contributed by atoms with van der Waals surface area (Å²) >= 11 is 0. The molecule has 0 radical (unpaired) electrons. The highest BCUT2D eigenvalue weighted by Gasteiger charge is 2.32. The zero-order chi connectivity index (χ0) is 11.8. The lowest BCUT2D eigenvalue weighted by Crippen LogP contribution is -2.44. The maximum absolute atomic E-state index is 9.95. The molecule has 2 N–H and O–H groups in total. The molecule has 5 heteroatoms. The van der Waals surface area contributed by atoms with Crippen molar-refractivity contribution in [1.29, 1.82) is 0 Å². The fourth-order valence-electron chi connectivity index (χ4n) is 2.83. The zero-order valence-electron chi connectivity index (χ0n) is 10.1. The second kappa shape index (κ2) is 4.23. The Bertz CT molecular complexity index is 417. The summed E-state index contributed by atoms with van der Waals surface area (Å²) in [5.41, 5.74) is 1.99. The van der Waals surface area contributed by atoms with Crippen molar-refractivity contribution in [1.82, 2.24) is 15.3 Å². The Kier molecular flexibility index (Phi) is 2.72. The van der Waals surface area contributed by atoms with Gasteiger partial charge in [-0.25, -0.2) is 9.97 Å². The molecule has 0 bridgehead atoms. The fraction of sp³-hybridized carbons (Fsp3) is 0.667. The van der Waals surface area contributed by atoms with Crippen molar-refractivity contribution in [3.63, 3.8) is 0 Å². The van der Waals surface area contributed by atoms with Crippen LogP contribution in [-0.2, 0) is 0 Å². The van der Waals surface area contributed by atoms with Crippen LogP contribution in [0.1, 0.15) is 36.6 Å². The lowest BCUT2D eigenvalue weighted by atomic mass is 10.1. The van der Waals surface area contributed by atoms with E-state index >= 15 is 0 Å². The minimum atomic E-state index is -0.412. The molecule has 2 atom stereocenters. The number of aromatic nitrogens is 2. The molecule has 2 unspecified atom stereocenters. The highest BCUT2D eigenvalue weighted by atomic mass is 16.3. The number of rotatable bonds is 1. The molecule has 0 aromatic carbocycles. The van der Waals surface area contributed by atoms with Gasteiger partial charge in [0.05, 0.1) is 11.8 Å². The molecular formula is C12H18N4O. The van der Waals surface area contributed by atoms with Gasteiger partial charge in [0.2, 0.25) is 0 Å². The van der Waals surface area contributed by atoms with Crippen LogP contribution in [-0.4, -0.2) is 41.3 Å². The largest absolute Gasteiger partial charge is 0.387 e. The highest BCUT2D eigenvalue weighted by Crippen LogP contribution is 2.42. The van der Waals surface area contributed by atoms with Crippen LogP contribution in [0.5, 0.6) is 0 Å². The number of hydrogen-bond donors (Lipinski definition) is 2. The van der Waals surface area contributed by atoms with Gasteiger partial charge in [-0.3, -0.25) is 0 Å². The molecule has 0 spiro atoms. The van der Waals surface area contributed by atoms with Crippen molar-refractivity contribution in [3.05, 3.63) is 17.6 Å². The molecule has 3 rings (SSSR count). The summed E-state index contributed by atoms with van der Waals surface area (Å²) in [4.78, 5) is 11.0. The third-order valence-electron chi connectivity index (χ3n) is 3.70. The van der Waals surface area contributed by atoms with Crippen molar-refractivity contribution < 1.29 is 5.11 Å². The summed E-state index contributed by atoms with van der Waals surface area (Å²) < 4.78 is 0. The topological polar surface area (TPSA) is 61.3 Å². The van der Waals surface area contributed by atoms with Crippen molar-refractivity contribution in [2.45, 2.75) is 25.4 Å². The van der Waals surface area contributed by atoms with Gasteiger partial charge in [0.25, 0.3) is 0 Å². The molecule has 5 nitrogen and oxygen atoms in total. The van der Waals surface area contributed by atoms with Gasteiger partial charge in [0.1, 0.15) is 12.1 Å². The van der Waals surface area contributed by atoms with Crippen LogP contribution in [0.15, 0.2) is 6.33 Å². The van der Waals surface area contributed by atoms with Crippen molar-refractivity contribution in [2.75, 3.05) is 31.1 Å². The van der Waals surface area contributed by atoms with Crippen LogP contribution in [0.2, 0.25) is 0 Å². The Labute approximate surface area is 101 Å². The quantitative estimate of drug-likeness (QED) is 0.737. The molecule has 1 saturated heterocycles. The Morgan fingerprint density at radius 2 is 2.12 bits per heavy atom. The summed E-state index contributed by atoms with van der Waals surface area (Å²) in [6.45, 7) is 6.09. The van der Waals surface area contributed by atoms with Crippen LogP contribution >= 0.6 is 0 Å². The van der Waals surface area contributed by atoms with E-state index in [-0.39, 0.29) is 0 Å². The maximum Gasteiger partial charge on any atom is 0.135 e. The Morgan fingerprint density at radius 1 is 1.35 bits per heavy atom. The average molecular weight is 234 g/mol. The highest BCUT2D eigenvalue weighted by molar-refractivity contribution is 5.53. The van der Waals surface area contributed by atoms with E-state index in [9.17, 15) is 5.11 Å². The van der Waals surface area contributed by atoms with Crippen LogP contribution < -0.4 is 10.2 Å². The molecule has 0 amide bonds. The van der Waals surface area contributed by atoms with Gasteiger partial charge in [-0.05, 0) is 12.3 Å². The summed E-state index contributed by atoms with van der Waals surface area (Å²) in [7, 11) is 0. The SMILES string of the molecule is CC1CC(O)c2ncnc(N3CCNCC3)c21. The molecule has 1 aliphatic carbocycles. The van der Waals surface area contributed by atoms with E-state index < -0.39 is 6.10 Å². The predicted molar refractivity (Wildman–Crippen MR) is 65.1 cm³/mol. The first-order valence-corrected chi connectivity index (χ1v) is 6.26. The van der Waals surface area contributed by atoms with Crippen LogP contribution in [0, 0.1) is 0 Å². The molecule has 2 heterocycles. The second-order valence-corrected chi connectivity index (χ2v) is 4.89. The van der Waals surface area contributed by atoms with E-state index in [0.29, 0.717) is 5.92 Å². The molecule has 1 aromatic rings. The van der Waals surface area contributed by atoms with Gasteiger partial charge >= 0.3 is 0 Å². The number of anilines is 1. The molecule has 17 heavy (non-hydrogen) atoms. The Morgan fingerprint density at radius 3 is 2.88 bits per heavy atom. The van der Waals surface area contributed by atoms with E-state index in [2.05, 4.69) is 27.1 Å². The monoisotopic (exact) mass is 234 g/mol. The molecule has 1 fully saturated rings. The average Bonchev–Trinajstić information content (AvgIpc) is 2.66. The predicted octanol–water partition coefficient (Wildman–Crippen LogP) is 0.427. The first-order chi connectivity index (χ1) is 8.27. The van der Waals surface area contributed by atoms with E-state index in [4.69, 9.17) is 0 Å². The first-order valence-electron chi connectivity index (χ1n) is 6.26. The molecular weight excluding hydrogens is 216 g/mol. The maximum atomic E-state index is 9.95. The minimum Gasteiger partial charge on any atom is -0.387 e. The molecule has 2 aliphatic rings. The number of nitrogens with zero attached hydrogens (tertiary/aromatic N) is 3. The number of nitrogens with one attached hydrogen (secondary N) is 1. The first kappa shape index (κ1) is 10.9. The second-order valence-electron chi connectivity index (χ2n) is 4.89. The lowest BCUT2D eigenvalue weighted by Gasteiger charge is -2.30. The molecule has 0 saturated carbocycles. The van der Waals surface area contributed by atoms with Gasteiger partial charge in [-0.15, -0.1) is 0 Å².